The number of aliphatic carboxylic acids is 3. The summed E-state index contributed by atoms with van der Waals surface area (Å²) in [5.41, 5.74) is 2.68. The number of hydrogen-bond acceptors (Lipinski definition) is 12. The van der Waals surface area contributed by atoms with Gasteiger partial charge in [0.05, 0.1) is 42.7 Å². The van der Waals surface area contributed by atoms with Gasteiger partial charge in [0.1, 0.15) is 11.6 Å². The molecule has 446 valence electrons. The van der Waals surface area contributed by atoms with Gasteiger partial charge in [-0.25, -0.2) is 0 Å². The Balaban J connectivity index is 0.000000585. The van der Waals surface area contributed by atoms with Gasteiger partial charge >= 0.3 is 17.9 Å². The summed E-state index contributed by atoms with van der Waals surface area (Å²) >= 11 is 0. The SMILES string of the molecule is CCCCCC(O)/C=C(\C)[C@H]1C(=O)CC(O)[C@@H]1C/C=C\CCCC(=O)O.CCCCCC(O)/C=C(\C)[C@H]1C(O)CC(=O)[C@@H]1C/C=C\CCCC(=O)O.CCCCCC(O)/C=C(\C)[C@H]1C(O)CC(O)[C@@H]1C/C=C\CCCC(=O)O. The lowest BCUT2D eigenvalue weighted by molar-refractivity contribution is -0.138. The third-order valence-corrected chi connectivity index (χ3v) is 15.4. The van der Waals surface area contributed by atoms with Gasteiger partial charge in [0.2, 0.25) is 0 Å². The second kappa shape index (κ2) is 41.9. The predicted octanol–water partition coefficient (Wildman–Crippen LogP) is 10.7. The van der Waals surface area contributed by atoms with E-state index in [2.05, 4.69) is 20.8 Å². The maximum Gasteiger partial charge on any atom is 0.303 e. The highest BCUT2D eigenvalue weighted by molar-refractivity contribution is 5.87. The van der Waals surface area contributed by atoms with Gasteiger partial charge in [-0.2, -0.15) is 0 Å². The molecule has 0 amide bonds. The third-order valence-electron chi connectivity index (χ3n) is 15.4. The van der Waals surface area contributed by atoms with E-state index in [9.17, 15) is 59.7 Å². The van der Waals surface area contributed by atoms with Crippen molar-refractivity contribution < 1.29 is 75.0 Å². The van der Waals surface area contributed by atoms with Crippen LogP contribution in [0.1, 0.15) is 215 Å². The highest BCUT2D eigenvalue weighted by Gasteiger charge is 2.43. The van der Waals surface area contributed by atoms with Crippen LogP contribution in [0, 0.1) is 35.5 Å². The Labute approximate surface area is 467 Å². The number of unbranched alkanes of at least 4 members (excludes halogenated alkanes) is 9. The number of aliphatic hydroxyl groups excluding tert-OH is 7. The van der Waals surface area contributed by atoms with Gasteiger partial charge in [0.25, 0.3) is 0 Å². The molecular formula is C63H104O15. The summed E-state index contributed by atoms with van der Waals surface area (Å²) in [5, 5.41) is 97.6. The highest BCUT2D eigenvalue weighted by atomic mass is 16.4. The molecule has 0 bridgehead atoms. The summed E-state index contributed by atoms with van der Waals surface area (Å²) in [6.07, 6.45) is 31.4. The molecular weight excluding hydrogens is 997 g/mol. The summed E-state index contributed by atoms with van der Waals surface area (Å²) in [4.78, 5) is 56.0. The van der Waals surface area contributed by atoms with Gasteiger partial charge in [0, 0.05) is 68.1 Å². The monoisotopic (exact) mass is 1100 g/mol. The number of Topliss-reactive ketones (excluding diaryl/α,β-unsaturated/α-hetero) is 2. The van der Waals surface area contributed by atoms with Crippen molar-refractivity contribution >= 4 is 29.5 Å². The maximum atomic E-state index is 12.3. The van der Waals surface area contributed by atoms with E-state index in [1.165, 1.54) is 0 Å². The molecule has 0 aromatic heterocycles. The largest absolute Gasteiger partial charge is 0.481 e. The van der Waals surface area contributed by atoms with Crippen LogP contribution in [-0.2, 0) is 24.0 Å². The van der Waals surface area contributed by atoms with Crippen molar-refractivity contribution in [1.82, 2.24) is 0 Å². The standard InChI is InChI=1S/C21H36O5.2C21H34O5/c3*1-3-4-7-10-16(22)13-15(2)21-17(18(23)14-19(21)24)11-8-5-6-9-12-20(25)26/h5,8,13,16-19,21-24H,3-4,6-7,9-12,14H2,1-2H3,(H,25,26);5,8,13,16-17,19,21-22,24H,3-4,6-7,9-12,14H2,1-2H3,(H,25,26);5,8,13,16-18,21-23H,3-4,6-7,9-12,14H2,1-2H3,(H,25,26)/b3*8-5-,15-13+/t16?,17-,18?,19?,21+;16?,17-,19?,21+;16?,17-,18?,21+/m000/s1. The Morgan fingerprint density at radius 3 is 1.27 bits per heavy atom. The lowest BCUT2D eigenvalue weighted by Crippen LogP contribution is -2.23. The second-order valence-corrected chi connectivity index (χ2v) is 22.2. The molecule has 0 aliphatic heterocycles. The average Bonchev–Trinajstić information content (AvgIpc) is 3.93. The van der Waals surface area contributed by atoms with Crippen molar-refractivity contribution in [3.05, 3.63) is 71.4 Å². The molecule has 3 fully saturated rings. The molecule has 13 atom stereocenters. The minimum Gasteiger partial charge on any atom is -0.481 e. The summed E-state index contributed by atoms with van der Waals surface area (Å²) in [6, 6.07) is 0. The van der Waals surface area contributed by atoms with Crippen LogP contribution in [0.25, 0.3) is 0 Å². The summed E-state index contributed by atoms with van der Waals surface area (Å²) in [5.74, 6) is -3.51. The van der Waals surface area contributed by atoms with Gasteiger partial charge in [-0.15, -0.1) is 0 Å². The van der Waals surface area contributed by atoms with E-state index in [1.54, 1.807) is 12.2 Å². The number of carboxylic acid groups (broad SMARTS) is 3. The molecule has 3 rings (SSSR count). The number of ketones is 2. The zero-order valence-corrected chi connectivity index (χ0v) is 48.3. The van der Waals surface area contributed by atoms with E-state index < -0.39 is 60.6 Å². The van der Waals surface area contributed by atoms with Gasteiger partial charge in [0.15, 0.2) is 0 Å². The fourth-order valence-corrected chi connectivity index (χ4v) is 11.2. The number of carboxylic acids is 3. The molecule has 15 nitrogen and oxygen atoms in total. The smallest absolute Gasteiger partial charge is 0.303 e. The van der Waals surface area contributed by atoms with Gasteiger partial charge in [-0.1, -0.05) is 150 Å². The fourth-order valence-electron chi connectivity index (χ4n) is 11.2. The fraction of sp³-hybridized carbons (Fsp3) is 0.730. The van der Waals surface area contributed by atoms with Crippen molar-refractivity contribution in [2.75, 3.05) is 0 Å². The zero-order chi connectivity index (χ0) is 58.6. The maximum absolute atomic E-state index is 12.3. The molecule has 15 heteroatoms. The van der Waals surface area contributed by atoms with E-state index in [-0.39, 0.29) is 79.2 Å². The first kappa shape index (κ1) is 71.9. The minimum absolute atomic E-state index is 0.0382. The van der Waals surface area contributed by atoms with E-state index in [0.717, 1.165) is 80.9 Å². The first-order chi connectivity index (χ1) is 37.1. The van der Waals surface area contributed by atoms with Crippen LogP contribution in [0.5, 0.6) is 0 Å². The molecule has 3 aliphatic carbocycles. The molecule has 78 heavy (non-hydrogen) atoms. The molecule has 0 aromatic carbocycles. The number of carbonyl (C=O) groups is 5. The van der Waals surface area contributed by atoms with E-state index >= 15 is 0 Å². The topological polar surface area (TPSA) is 288 Å². The number of hydrogen-bond donors (Lipinski definition) is 10. The molecule has 0 radical (unpaired) electrons. The molecule has 0 heterocycles. The summed E-state index contributed by atoms with van der Waals surface area (Å²) in [7, 11) is 0. The highest BCUT2D eigenvalue weighted by Crippen LogP contribution is 2.41. The first-order valence-electron chi connectivity index (χ1n) is 29.6. The van der Waals surface area contributed by atoms with Crippen molar-refractivity contribution in [2.45, 2.75) is 258 Å². The quantitative estimate of drug-likeness (QED) is 0.0206. The van der Waals surface area contributed by atoms with Crippen LogP contribution < -0.4 is 0 Å². The number of allylic oxidation sites excluding steroid dienone is 7. The van der Waals surface area contributed by atoms with Crippen LogP contribution in [-0.4, -0.2) is 123 Å². The normalized spacial score (nSPS) is 26.1. The average molecular weight is 1100 g/mol. The molecule has 3 aliphatic rings. The first-order valence-corrected chi connectivity index (χ1v) is 29.6. The van der Waals surface area contributed by atoms with Crippen LogP contribution >= 0.6 is 0 Å². The van der Waals surface area contributed by atoms with Crippen molar-refractivity contribution in [1.29, 1.82) is 0 Å². The van der Waals surface area contributed by atoms with E-state index in [0.29, 0.717) is 77.0 Å². The van der Waals surface area contributed by atoms with Crippen LogP contribution in [0.4, 0.5) is 0 Å². The van der Waals surface area contributed by atoms with Gasteiger partial charge in [-0.3, -0.25) is 24.0 Å². The predicted molar refractivity (Wildman–Crippen MR) is 306 cm³/mol. The Kier molecular flexibility index (Phi) is 38.6. The molecule has 3 saturated carbocycles. The molecule has 0 saturated heterocycles. The molecule has 0 spiro atoms. The number of aliphatic hydroxyl groups is 7. The summed E-state index contributed by atoms with van der Waals surface area (Å²) < 4.78 is 0. The minimum atomic E-state index is -0.800. The zero-order valence-electron chi connectivity index (χ0n) is 48.3. The number of carbonyl (C=O) groups excluding carboxylic acids is 2. The van der Waals surface area contributed by atoms with Gasteiger partial charge in [-0.05, 0) is 104 Å². The van der Waals surface area contributed by atoms with E-state index in [1.807, 2.05) is 63.3 Å². The Bertz CT molecular complexity index is 1920. The van der Waals surface area contributed by atoms with Crippen LogP contribution in [0.15, 0.2) is 71.4 Å². The Hall–Kier alpha value is -4.09. The lowest BCUT2D eigenvalue weighted by atomic mass is 9.84. The molecule has 10 N–H and O–H groups in total. The van der Waals surface area contributed by atoms with Gasteiger partial charge < -0.3 is 51.1 Å². The van der Waals surface area contributed by atoms with Crippen LogP contribution in [0.2, 0.25) is 0 Å². The van der Waals surface area contributed by atoms with Crippen molar-refractivity contribution in [2.24, 2.45) is 35.5 Å². The Morgan fingerprint density at radius 1 is 0.462 bits per heavy atom. The number of rotatable bonds is 36. The summed E-state index contributed by atoms with van der Waals surface area (Å²) in [6.45, 7) is 12.0. The van der Waals surface area contributed by atoms with Crippen molar-refractivity contribution in [3.8, 4) is 0 Å². The van der Waals surface area contributed by atoms with E-state index in [4.69, 9.17) is 15.3 Å². The lowest BCUT2D eigenvalue weighted by Gasteiger charge is -2.24. The van der Waals surface area contributed by atoms with Crippen LogP contribution in [0.3, 0.4) is 0 Å². The second-order valence-electron chi connectivity index (χ2n) is 22.2. The molecule has 7 unspecified atom stereocenters. The Morgan fingerprint density at radius 2 is 0.846 bits per heavy atom. The molecule has 0 aromatic rings. The third kappa shape index (κ3) is 29.9. The van der Waals surface area contributed by atoms with Crippen molar-refractivity contribution in [3.63, 3.8) is 0 Å².